The molecule has 2 rings (SSSR count). The van der Waals surface area contributed by atoms with E-state index in [1.165, 1.54) is 0 Å². The molecule has 18 heavy (non-hydrogen) atoms. The van der Waals surface area contributed by atoms with Crippen LogP contribution in [0.3, 0.4) is 0 Å². The normalized spacial score (nSPS) is 11.1. The van der Waals surface area contributed by atoms with E-state index in [9.17, 15) is 0 Å². The van der Waals surface area contributed by atoms with E-state index in [1.807, 2.05) is 29.7 Å². The van der Waals surface area contributed by atoms with Gasteiger partial charge in [-0.1, -0.05) is 0 Å². The number of nitrogens with two attached hydrogens (primary N) is 1. The molecule has 1 aromatic carbocycles. The number of imidazole rings is 1. The van der Waals surface area contributed by atoms with E-state index in [1.54, 1.807) is 0 Å². The van der Waals surface area contributed by atoms with Crippen molar-refractivity contribution in [3.63, 3.8) is 0 Å². The molecule has 5 heteroatoms. The second-order valence-electron chi connectivity index (χ2n) is 4.03. The summed E-state index contributed by atoms with van der Waals surface area (Å²) in [6.07, 6.45) is 0.707. The van der Waals surface area contributed by atoms with Gasteiger partial charge in [-0.15, -0.1) is 0 Å². The Labute approximate surface area is 106 Å². The molecule has 0 unspecified atom stereocenters. The zero-order valence-electron chi connectivity index (χ0n) is 10.6. The predicted molar refractivity (Wildman–Crippen MR) is 70.7 cm³/mol. The minimum atomic E-state index is 0.0935. The van der Waals surface area contributed by atoms with Crippen molar-refractivity contribution < 1.29 is 9.84 Å². The number of aliphatic hydroxyl groups is 1. The molecule has 0 aliphatic heterocycles. The second kappa shape index (κ2) is 5.84. The molecule has 0 saturated carbocycles. The van der Waals surface area contributed by atoms with Crippen molar-refractivity contribution in [2.24, 2.45) is 5.73 Å². The Bertz CT molecular complexity index is 522. The number of hydrogen-bond acceptors (Lipinski definition) is 4. The van der Waals surface area contributed by atoms with Gasteiger partial charge in [0, 0.05) is 19.0 Å². The molecule has 5 nitrogen and oxygen atoms in total. The lowest BCUT2D eigenvalue weighted by atomic mass is 10.3. The van der Waals surface area contributed by atoms with E-state index < -0.39 is 0 Å². The molecule has 0 amide bonds. The van der Waals surface area contributed by atoms with E-state index in [0.29, 0.717) is 26.1 Å². The van der Waals surface area contributed by atoms with Crippen LogP contribution in [0.5, 0.6) is 5.75 Å². The van der Waals surface area contributed by atoms with Gasteiger partial charge in [-0.3, -0.25) is 0 Å². The highest BCUT2D eigenvalue weighted by Gasteiger charge is 2.10. The molecule has 1 aromatic heterocycles. The monoisotopic (exact) mass is 249 g/mol. The van der Waals surface area contributed by atoms with Crippen LogP contribution in [0.25, 0.3) is 11.0 Å². The lowest BCUT2D eigenvalue weighted by Gasteiger charge is -2.06. The molecule has 0 bridgehead atoms. The van der Waals surface area contributed by atoms with Crippen molar-refractivity contribution in [1.82, 2.24) is 9.55 Å². The average Bonchev–Trinajstić information content (AvgIpc) is 2.68. The van der Waals surface area contributed by atoms with Crippen molar-refractivity contribution in [2.75, 3.05) is 19.8 Å². The first kappa shape index (κ1) is 12.9. The summed E-state index contributed by atoms with van der Waals surface area (Å²) >= 11 is 0. The summed E-state index contributed by atoms with van der Waals surface area (Å²) in [5.74, 6) is 1.73. The van der Waals surface area contributed by atoms with Gasteiger partial charge in [0.1, 0.15) is 11.6 Å². The minimum absolute atomic E-state index is 0.0935. The smallest absolute Gasteiger partial charge is 0.121 e. The standard InChI is InChI=1S/C13H19N3O2/c1-2-18-10-3-4-12-11(9-10)15-13(5-6-14)16(12)7-8-17/h3-4,9,17H,2,5-8,14H2,1H3. The molecule has 3 N–H and O–H groups in total. The van der Waals surface area contributed by atoms with Crippen LogP contribution in [0.15, 0.2) is 18.2 Å². The first-order chi connectivity index (χ1) is 8.80. The Morgan fingerprint density at radius 1 is 1.44 bits per heavy atom. The van der Waals surface area contributed by atoms with Crippen molar-refractivity contribution >= 4 is 11.0 Å². The largest absolute Gasteiger partial charge is 0.494 e. The zero-order valence-corrected chi connectivity index (χ0v) is 10.6. The van der Waals surface area contributed by atoms with Crippen LogP contribution in [-0.4, -0.2) is 34.4 Å². The summed E-state index contributed by atoms with van der Waals surface area (Å²) in [7, 11) is 0. The molecule has 0 atom stereocenters. The van der Waals surface area contributed by atoms with Gasteiger partial charge in [-0.05, 0) is 25.6 Å². The van der Waals surface area contributed by atoms with Gasteiger partial charge >= 0.3 is 0 Å². The molecule has 0 spiro atoms. The SMILES string of the molecule is CCOc1ccc2c(c1)nc(CCN)n2CCO. The Morgan fingerprint density at radius 2 is 2.28 bits per heavy atom. The molecule has 0 fully saturated rings. The fraction of sp³-hybridized carbons (Fsp3) is 0.462. The third-order valence-electron chi connectivity index (χ3n) is 2.80. The summed E-state index contributed by atoms with van der Waals surface area (Å²) in [6, 6.07) is 5.82. The van der Waals surface area contributed by atoms with Crippen LogP contribution in [0, 0.1) is 0 Å². The number of hydrogen-bond donors (Lipinski definition) is 2. The predicted octanol–water partition coefficient (Wildman–Crippen LogP) is 0.928. The fourth-order valence-electron chi connectivity index (χ4n) is 2.09. The first-order valence-electron chi connectivity index (χ1n) is 6.23. The van der Waals surface area contributed by atoms with Crippen LogP contribution in [0.4, 0.5) is 0 Å². The molecule has 1 heterocycles. The lowest BCUT2D eigenvalue weighted by molar-refractivity contribution is 0.276. The topological polar surface area (TPSA) is 73.3 Å². The summed E-state index contributed by atoms with van der Waals surface area (Å²) in [6.45, 7) is 3.77. The molecular weight excluding hydrogens is 230 g/mol. The summed E-state index contributed by atoms with van der Waals surface area (Å²) < 4.78 is 7.47. The lowest BCUT2D eigenvalue weighted by Crippen LogP contribution is -2.11. The highest BCUT2D eigenvalue weighted by Crippen LogP contribution is 2.22. The average molecular weight is 249 g/mol. The Kier molecular flexibility index (Phi) is 4.17. The molecule has 2 aromatic rings. The van der Waals surface area contributed by atoms with Crippen molar-refractivity contribution in [3.8, 4) is 5.75 Å². The Hall–Kier alpha value is -1.59. The maximum atomic E-state index is 9.12. The molecule has 0 radical (unpaired) electrons. The molecule has 98 valence electrons. The third-order valence-corrected chi connectivity index (χ3v) is 2.80. The second-order valence-corrected chi connectivity index (χ2v) is 4.03. The van der Waals surface area contributed by atoms with Crippen LogP contribution in [0.1, 0.15) is 12.7 Å². The highest BCUT2D eigenvalue weighted by molar-refractivity contribution is 5.77. The first-order valence-corrected chi connectivity index (χ1v) is 6.23. The fourth-order valence-corrected chi connectivity index (χ4v) is 2.09. The van der Waals surface area contributed by atoms with Crippen LogP contribution >= 0.6 is 0 Å². The highest BCUT2D eigenvalue weighted by atomic mass is 16.5. The minimum Gasteiger partial charge on any atom is -0.494 e. The van der Waals surface area contributed by atoms with Gasteiger partial charge in [0.15, 0.2) is 0 Å². The van der Waals surface area contributed by atoms with E-state index in [-0.39, 0.29) is 6.61 Å². The molecule has 0 aliphatic carbocycles. The van der Waals surface area contributed by atoms with Gasteiger partial charge < -0.3 is 20.1 Å². The number of fused-ring (bicyclic) bond motifs is 1. The zero-order chi connectivity index (χ0) is 13.0. The summed E-state index contributed by atoms with van der Waals surface area (Å²) in [5.41, 5.74) is 7.48. The van der Waals surface area contributed by atoms with Gasteiger partial charge in [0.05, 0.1) is 24.2 Å². The molecular formula is C13H19N3O2. The molecule has 0 aliphatic rings. The summed E-state index contributed by atoms with van der Waals surface area (Å²) in [4.78, 5) is 4.56. The van der Waals surface area contributed by atoms with Gasteiger partial charge in [-0.2, -0.15) is 0 Å². The van der Waals surface area contributed by atoms with Crippen LogP contribution in [-0.2, 0) is 13.0 Å². The van der Waals surface area contributed by atoms with Gasteiger partial charge in [-0.25, -0.2) is 4.98 Å². The van der Waals surface area contributed by atoms with Crippen molar-refractivity contribution in [3.05, 3.63) is 24.0 Å². The van der Waals surface area contributed by atoms with E-state index >= 15 is 0 Å². The number of rotatable bonds is 6. The maximum absolute atomic E-state index is 9.12. The maximum Gasteiger partial charge on any atom is 0.121 e. The Morgan fingerprint density at radius 3 is 2.94 bits per heavy atom. The van der Waals surface area contributed by atoms with Crippen LogP contribution < -0.4 is 10.5 Å². The number of ether oxygens (including phenoxy) is 1. The Balaban J connectivity index is 2.46. The van der Waals surface area contributed by atoms with Gasteiger partial charge in [0.2, 0.25) is 0 Å². The van der Waals surface area contributed by atoms with E-state index in [4.69, 9.17) is 15.6 Å². The number of aromatic nitrogens is 2. The number of benzene rings is 1. The summed E-state index contributed by atoms with van der Waals surface area (Å²) in [5, 5.41) is 9.12. The van der Waals surface area contributed by atoms with Gasteiger partial charge in [0.25, 0.3) is 0 Å². The van der Waals surface area contributed by atoms with E-state index in [0.717, 1.165) is 22.6 Å². The van der Waals surface area contributed by atoms with Crippen LogP contribution in [0.2, 0.25) is 0 Å². The number of aliphatic hydroxyl groups excluding tert-OH is 1. The van der Waals surface area contributed by atoms with E-state index in [2.05, 4.69) is 4.98 Å². The molecule has 0 saturated heterocycles. The van der Waals surface area contributed by atoms with Crippen molar-refractivity contribution in [2.45, 2.75) is 19.9 Å². The number of nitrogens with zero attached hydrogens (tertiary/aromatic N) is 2. The quantitative estimate of drug-likeness (QED) is 0.798. The van der Waals surface area contributed by atoms with Crippen molar-refractivity contribution in [1.29, 1.82) is 0 Å². The third kappa shape index (κ3) is 2.47.